The molecule has 2 rings (SSSR count). The van der Waals surface area contributed by atoms with Gasteiger partial charge in [0, 0.05) is 19.0 Å². The van der Waals surface area contributed by atoms with E-state index in [1.807, 2.05) is 17.7 Å². The molecule has 0 atom stereocenters. The van der Waals surface area contributed by atoms with Gasteiger partial charge in [0.15, 0.2) is 6.20 Å². The second-order valence-corrected chi connectivity index (χ2v) is 12.6. The quantitative estimate of drug-likeness (QED) is 0.0750. The van der Waals surface area contributed by atoms with E-state index in [4.69, 9.17) is 9.47 Å². The number of aryl methyl sites for hydroxylation is 1. The first-order chi connectivity index (χ1) is 20.6. The largest absolute Gasteiger partial charge is 1.00 e. The van der Waals surface area contributed by atoms with Crippen molar-refractivity contribution in [1.29, 1.82) is 0 Å². The van der Waals surface area contributed by atoms with Gasteiger partial charge in [-0.3, -0.25) is 0 Å². The summed E-state index contributed by atoms with van der Waals surface area (Å²) >= 11 is 0. The molecule has 0 saturated heterocycles. The number of esters is 1. The standard InChI is InChI=1S/C36H62N2O4.BrH/c1-4-6-8-9-10-11-12-13-14-15-16-17-18-19-20-23-27-37-36(40)42-33-26-29-38(28-7-5-2)34(31(33)3)35(39)41-30-32-24-21-22-25-32;/h26,29,32H,4-25,27-28,30H2,1-3H3;1H. The van der Waals surface area contributed by atoms with Gasteiger partial charge in [0.2, 0.25) is 0 Å². The first-order valence-corrected chi connectivity index (χ1v) is 17.7. The van der Waals surface area contributed by atoms with Gasteiger partial charge in [-0.1, -0.05) is 129 Å². The zero-order valence-electron chi connectivity index (χ0n) is 27.9. The van der Waals surface area contributed by atoms with Crippen molar-refractivity contribution in [3.63, 3.8) is 0 Å². The third-order valence-electron chi connectivity index (χ3n) is 8.79. The van der Waals surface area contributed by atoms with Crippen LogP contribution in [0.25, 0.3) is 0 Å². The third kappa shape index (κ3) is 17.4. The van der Waals surface area contributed by atoms with Crippen molar-refractivity contribution in [2.75, 3.05) is 13.2 Å². The highest BCUT2D eigenvalue weighted by Crippen LogP contribution is 2.26. The summed E-state index contributed by atoms with van der Waals surface area (Å²) in [6.45, 7) is 8.06. The van der Waals surface area contributed by atoms with Crippen molar-refractivity contribution in [2.45, 2.75) is 169 Å². The first-order valence-electron chi connectivity index (χ1n) is 17.7. The van der Waals surface area contributed by atoms with Crippen molar-refractivity contribution in [2.24, 2.45) is 5.92 Å². The Kier molecular flexibility index (Phi) is 23.5. The molecule has 6 nitrogen and oxygen atoms in total. The van der Waals surface area contributed by atoms with E-state index in [9.17, 15) is 9.59 Å². The number of unbranched alkanes of at least 4 members (excludes halogenated alkanes) is 16. The number of rotatable bonds is 24. The summed E-state index contributed by atoms with van der Waals surface area (Å²) in [5.41, 5.74) is 1.15. The molecule has 1 aromatic heterocycles. The number of halogens is 1. The van der Waals surface area contributed by atoms with Crippen molar-refractivity contribution >= 4 is 12.1 Å². The lowest BCUT2D eigenvalue weighted by atomic mass is 10.0. The third-order valence-corrected chi connectivity index (χ3v) is 8.79. The fourth-order valence-corrected chi connectivity index (χ4v) is 6.02. The molecule has 0 unspecified atom stereocenters. The van der Waals surface area contributed by atoms with Gasteiger partial charge in [-0.2, -0.15) is 4.57 Å². The molecule has 0 bridgehead atoms. The molecule has 0 spiro atoms. The number of hydrogen-bond acceptors (Lipinski definition) is 4. The Hall–Kier alpha value is -1.63. The first kappa shape index (κ1) is 39.4. The van der Waals surface area contributed by atoms with Crippen LogP contribution in [0.5, 0.6) is 5.75 Å². The van der Waals surface area contributed by atoms with E-state index in [0.29, 0.717) is 36.1 Å². The minimum atomic E-state index is -0.462. The Labute approximate surface area is 274 Å². The Morgan fingerprint density at radius 2 is 1.30 bits per heavy atom. The molecule has 1 amide bonds. The molecule has 248 valence electrons. The number of nitrogens with zero attached hydrogens (tertiary/aromatic N) is 1. The van der Waals surface area contributed by atoms with Crippen LogP contribution in [0, 0.1) is 12.8 Å². The Morgan fingerprint density at radius 3 is 1.84 bits per heavy atom. The smallest absolute Gasteiger partial charge is 0.412 e. The van der Waals surface area contributed by atoms with Crippen molar-refractivity contribution in [1.82, 2.24) is 5.32 Å². The van der Waals surface area contributed by atoms with E-state index >= 15 is 0 Å². The molecular formula is C36H63BrN2O4. The van der Waals surface area contributed by atoms with Crippen LogP contribution in [-0.2, 0) is 11.3 Å². The van der Waals surface area contributed by atoms with Gasteiger partial charge in [0.1, 0.15) is 12.3 Å². The van der Waals surface area contributed by atoms with E-state index < -0.39 is 6.09 Å². The highest BCUT2D eigenvalue weighted by atomic mass is 79.9. The Morgan fingerprint density at radius 1 is 0.791 bits per heavy atom. The number of pyridine rings is 1. The predicted molar refractivity (Wildman–Crippen MR) is 172 cm³/mol. The normalized spacial score (nSPS) is 13.1. The van der Waals surface area contributed by atoms with Gasteiger partial charge in [-0.15, -0.1) is 0 Å². The zero-order chi connectivity index (χ0) is 30.3. The fraction of sp³-hybridized carbons (Fsp3) is 0.806. The van der Waals surface area contributed by atoms with Crippen molar-refractivity contribution in [3.05, 3.63) is 23.5 Å². The number of nitrogens with one attached hydrogen (secondary N) is 1. The SMILES string of the molecule is CCCCCCCCCCCCCCCCCCNC(=O)Oc1cc[n+](CCCC)c(C(=O)OCC2CCCC2)c1C.[Br-]. The number of carbonyl (C=O) groups is 2. The number of aromatic nitrogens is 1. The maximum Gasteiger partial charge on any atom is 0.412 e. The van der Waals surface area contributed by atoms with E-state index in [1.165, 1.54) is 103 Å². The molecule has 0 aromatic carbocycles. The molecule has 43 heavy (non-hydrogen) atoms. The summed E-state index contributed by atoms with van der Waals surface area (Å²) in [7, 11) is 0. The summed E-state index contributed by atoms with van der Waals surface area (Å²) in [4.78, 5) is 25.6. The van der Waals surface area contributed by atoms with Gasteiger partial charge >= 0.3 is 12.1 Å². The minimum Gasteiger partial charge on any atom is -1.00 e. The average Bonchev–Trinajstić information content (AvgIpc) is 3.51. The lowest BCUT2D eigenvalue weighted by Gasteiger charge is -2.13. The maximum absolute atomic E-state index is 13.1. The second kappa shape index (κ2) is 25.7. The molecule has 7 heteroatoms. The summed E-state index contributed by atoms with van der Waals surface area (Å²) in [6.07, 6.45) is 29.3. The van der Waals surface area contributed by atoms with Crippen LogP contribution < -0.4 is 31.6 Å². The van der Waals surface area contributed by atoms with E-state index in [1.54, 1.807) is 6.07 Å². The molecule has 1 aromatic rings. The fourth-order valence-electron chi connectivity index (χ4n) is 6.02. The second-order valence-electron chi connectivity index (χ2n) is 12.6. The summed E-state index contributed by atoms with van der Waals surface area (Å²) in [6, 6.07) is 1.78. The highest BCUT2D eigenvalue weighted by molar-refractivity contribution is 5.88. The Bertz CT molecular complexity index is 873. The van der Waals surface area contributed by atoms with Gasteiger partial charge in [0.05, 0.1) is 12.2 Å². The number of ether oxygens (including phenoxy) is 2. The van der Waals surface area contributed by atoms with Crippen LogP contribution in [0.4, 0.5) is 4.79 Å². The molecule has 1 fully saturated rings. The molecule has 1 saturated carbocycles. The molecule has 0 radical (unpaired) electrons. The number of hydrogen-bond donors (Lipinski definition) is 1. The van der Waals surface area contributed by atoms with Crippen LogP contribution >= 0.6 is 0 Å². The molecular weight excluding hydrogens is 604 g/mol. The van der Waals surface area contributed by atoms with Crippen molar-refractivity contribution < 1.29 is 40.6 Å². The van der Waals surface area contributed by atoms with E-state index in [-0.39, 0.29) is 23.0 Å². The van der Waals surface area contributed by atoms with Crippen molar-refractivity contribution in [3.8, 4) is 5.75 Å². The Balaban J connectivity index is 0.00000924. The van der Waals surface area contributed by atoms with Crippen LogP contribution in [-0.4, -0.2) is 25.2 Å². The summed E-state index contributed by atoms with van der Waals surface area (Å²) in [5.74, 6) is 0.558. The topological polar surface area (TPSA) is 68.5 Å². The predicted octanol–water partition coefficient (Wildman–Crippen LogP) is 6.78. The van der Waals surface area contributed by atoms with Gasteiger partial charge in [-0.25, -0.2) is 9.59 Å². The summed E-state index contributed by atoms with van der Waals surface area (Å²) < 4.78 is 13.3. The lowest BCUT2D eigenvalue weighted by Crippen LogP contribution is -3.00. The van der Waals surface area contributed by atoms with Gasteiger partial charge in [0.25, 0.3) is 5.69 Å². The summed E-state index contributed by atoms with van der Waals surface area (Å²) in [5, 5.41) is 2.88. The van der Waals surface area contributed by atoms with E-state index in [0.717, 1.165) is 45.1 Å². The van der Waals surface area contributed by atoms with Crippen LogP contribution in [0.1, 0.15) is 171 Å². The minimum absolute atomic E-state index is 0. The molecule has 1 heterocycles. The lowest BCUT2D eigenvalue weighted by molar-refractivity contribution is -0.700. The van der Waals surface area contributed by atoms with E-state index in [2.05, 4.69) is 19.2 Å². The van der Waals surface area contributed by atoms with Gasteiger partial charge in [-0.05, 0) is 32.1 Å². The monoisotopic (exact) mass is 666 g/mol. The van der Waals surface area contributed by atoms with Gasteiger partial charge < -0.3 is 31.8 Å². The highest BCUT2D eigenvalue weighted by Gasteiger charge is 2.29. The van der Waals surface area contributed by atoms with Crippen LogP contribution in [0.15, 0.2) is 12.3 Å². The van der Waals surface area contributed by atoms with Crippen LogP contribution in [0.3, 0.4) is 0 Å². The molecule has 1 aliphatic rings. The molecule has 0 aliphatic heterocycles. The maximum atomic E-state index is 13.1. The average molecular weight is 668 g/mol. The number of carbonyl (C=O) groups excluding carboxylic acids is 2. The molecule has 1 aliphatic carbocycles. The molecule has 1 N–H and O–H groups in total. The van der Waals surface area contributed by atoms with Crippen LogP contribution in [0.2, 0.25) is 0 Å². The number of amides is 1. The zero-order valence-corrected chi connectivity index (χ0v) is 29.5.